The molecule has 0 fully saturated rings. The zero-order valence-electron chi connectivity index (χ0n) is 12.9. The molecule has 0 radical (unpaired) electrons. The van der Waals surface area contributed by atoms with E-state index in [0.717, 1.165) is 11.1 Å². The van der Waals surface area contributed by atoms with Crippen LogP contribution in [0.15, 0.2) is 54.6 Å². The SMILES string of the molecule is C[C@H](OC(=O)COc1ccccc1Cc1ccccc1)C(N)=O. The monoisotopic (exact) mass is 313 g/mol. The highest BCUT2D eigenvalue weighted by atomic mass is 16.6. The molecule has 0 spiro atoms. The maximum atomic E-state index is 11.6. The zero-order chi connectivity index (χ0) is 16.7. The van der Waals surface area contributed by atoms with E-state index >= 15 is 0 Å². The fourth-order valence-electron chi connectivity index (χ4n) is 2.03. The van der Waals surface area contributed by atoms with Crippen molar-refractivity contribution < 1.29 is 19.1 Å². The third-order valence-electron chi connectivity index (χ3n) is 3.26. The van der Waals surface area contributed by atoms with Gasteiger partial charge in [0.15, 0.2) is 12.7 Å². The maximum Gasteiger partial charge on any atom is 0.344 e. The molecule has 0 heterocycles. The number of primary amides is 1. The van der Waals surface area contributed by atoms with Crippen LogP contribution in [0, 0.1) is 0 Å². The third-order valence-corrected chi connectivity index (χ3v) is 3.26. The van der Waals surface area contributed by atoms with E-state index in [1.54, 1.807) is 6.07 Å². The van der Waals surface area contributed by atoms with Gasteiger partial charge in [-0.05, 0) is 24.1 Å². The number of nitrogens with two attached hydrogens (primary N) is 1. The van der Waals surface area contributed by atoms with Crippen LogP contribution in [-0.2, 0) is 20.7 Å². The van der Waals surface area contributed by atoms with Gasteiger partial charge in [0.25, 0.3) is 5.91 Å². The smallest absolute Gasteiger partial charge is 0.344 e. The Morgan fingerprint density at radius 1 is 1.04 bits per heavy atom. The Morgan fingerprint density at radius 3 is 2.39 bits per heavy atom. The number of para-hydroxylation sites is 1. The largest absolute Gasteiger partial charge is 0.482 e. The highest BCUT2D eigenvalue weighted by Gasteiger charge is 2.15. The van der Waals surface area contributed by atoms with E-state index in [-0.39, 0.29) is 6.61 Å². The maximum absolute atomic E-state index is 11.6. The molecule has 0 aliphatic rings. The minimum atomic E-state index is -0.967. The average molecular weight is 313 g/mol. The zero-order valence-corrected chi connectivity index (χ0v) is 12.9. The number of hydrogen-bond acceptors (Lipinski definition) is 4. The number of rotatable bonds is 7. The van der Waals surface area contributed by atoms with Crippen molar-refractivity contribution in [3.8, 4) is 5.75 Å². The molecule has 2 N–H and O–H groups in total. The van der Waals surface area contributed by atoms with Gasteiger partial charge in [-0.1, -0.05) is 48.5 Å². The molecular weight excluding hydrogens is 294 g/mol. The van der Waals surface area contributed by atoms with E-state index in [0.29, 0.717) is 12.2 Å². The van der Waals surface area contributed by atoms with Crippen LogP contribution >= 0.6 is 0 Å². The Kier molecular flexibility index (Phi) is 5.74. The quantitative estimate of drug-likeness (QED) is 0.794. The first kappa shape index (κ1) is 16.5. The van der Waals surface area contributed by atoms with Crippen molar-refractivity contribution in [2.75, 3.05) is 6.61 Å². The summed E-state index contributed by atoms with van der Waals surface area (Å²) in [5, 5.41) is 0. The van der Waals surface area contributed by atoms with Crippen LogP contribution < -0.4 is 10.5 Å². The lowest BCUT2D eigenvalue weighted by Crippen LogP contribution is -2.32. The lowest BCUT2D eigenvalue weighted by Gasteiger charge is -2.13. The molecule has 0 unspecified atom stereocenters. The summed E-state index contributed by atoms with van der Waals surface area (Å²) in [5.74, 6) is -0.714. The minimum absolute atomic E-state index is 0.274. The first-order valence-corrected chi connectivity index (χ1v) is 7.29. The number of carbonyl (C=O) groups excluding carboxylic acids is 2. The Balaban J connectivity index is 1.98. The molecule has 5 nitrogen and oxygen atoms in total. The van der Waals surface area contributed by atoms with E-state index < -0.39 is 18.0 Å². The summed E-state index contributed by atoms with van der Waals surface area (Å²) < 4.78 is 10.4. The second-order valence-corrected chi connectivity index (χ2v) is 5.09. The fourth-order valence-corrected chi connectivity index (χ4v) is 2.03. The Labute approximate surface area is 135 Å². The van der Waals surface area contributed by atoms with Crippen LogP contribution in [0.2, 0.25) is 0 Å². The van der Waals surface area contributed by atoms with Crippen LogP contribution in [0.25, 0.3) is 0 Å². The fraction of sp³-hybridized carbons (Fsp3) is 0.222. The second kappa shape index (κ2) is 7.98. The predicted octanol–water partition coefficient (Wildman–Crippen LogP) is 2.07. The highest BCUT2D eigenvalue weighted by molar-refractivity contribution is 5.82. The Bertz CT molecular complexity index is 670. The molecule has 0 aliphatic carbocycles. The van der Waals surface area contributed by atoms with Gasteiger partial charge in [-0.3, -0.25) is 4.79 Å². The molecule has 1 amide bonds. The van der Waals surface area contributed by atoms with Crippen LogP contribution in [0.4, 0.5) is 0 Å². The van der Waals surface area contributed by atoms with Crippen molar-refractivity contribution >= 4 is 11.9 Å². The number of amides is 1. The van der Waals surface area contributed by atoms with Gasteiger partial charge in [-0.25, -0.2) is 4.79 Å². The molecule has 1 atom stereocenters. The molecule has 5 heteroatoms. The van der Waals surface area contributed by atoms with Gasteiger partial charge < -0.3 is 15.2 Å². The van der Waals surface area contributed by atoms with Crippen molar-refractivity contribution in [3.63, 3.8) is 0 Å². The van der Waals surface area contributed by atoms with Gasteiger partial charge in [0.2, 0.25) is 0 Å². The van der Waals surface area contributed by atoms with Crippen LogP contribution in [0.3, 0.4) is 0 Å². The molecule has 2 rings (SSSR count). The number of hydrogen-bond donors (Lipinski definition) is 1. The first-order valence-electron chi connectivity index (χ1n) is 7.29. The van der Waals surface area contributed by atoms with Gasteiger partial charge in [0.1, 0.15) is 5.75 Å². The van der Waals surface area contributed by atoms with Crippen LogP contribution in [0.1, 0.15) is 18.1 Å². The summed E-state index contributed by atoms with van der Waals surface area (Å²) in [7, 11) is 0. The van der Waals surface area contributed by atoms with E-state index in [4.69, 9.17) is 15.2 Å². The molecule has 120 valence electrons. The summed E-state index contributed by atoms with van der Waals surface area (Å²) in [6, 6.07) is 17.5. The van der Waals surface area contributed by atoms with Crippen LogP contribution in [0.5, 0.6) is 5.75 Å². The van der Waals surface area contributed by atoms with Crippen molar-refractivity contribution in [1.82, 2.24) is 0 Å². The van der Waals surface area contributed by atoms with Gasteiger partial charge in [-0.15, -0.1) is 0 Å². The first-order chi connectivity index (χ1) is 11.1. The van der Waals surface area contributed by atoms with Gasteiger partial charge >= 0.3 is 5.97 Å². The summed E-state index contributed by atoms with van der Waals surface area (Å²) in [6.45, 7) is 1.15. The van der Waals surface area contributed by atoms with Crippen molar-refractivity contribution in [2.45, 2.75) is 19.4 Å². The summed E-state index contributed by atoms with van der Waals surface area (Å²) in [6.07, 6.45) is -0.269. The molecule has 0 aliphatic heterocycles. The molecular formula is C18H19NO4. The van der Waals surface area contributed by atoms with Gasteiger partial charge in [0, 0.05) is 6.42 Å². The van der Waals surface area contributed by atoms with Gasteiger partial charge in [-0.2, -0.15) is 0 Å². The van der Waals surface area contributed by atoms with E-state index in [2.05, 4.69) is 0 Å². The summed E-state index contributed by atoms with van der Waals surface area (Å²) in [4.78, 5) is 22.5. The van der Waals surface area contributed by atoms with Crippen LogP contribution in [-0.4, -0.2) is 24.6 Å². The highest BCUT2D eigenvalue weighted by Crippen LogP contribution is 2.21. The average Bonchev–Trinajstić information content (AvgIpc) is 2.55. The van der Waals surface area contributed by atoms with E-state index in [1.165, 1.54) is 6.92 Å². The normalized spacial score (nSPS) is 11.5. The molecule has 0 saturated heterocycles. The summed E-state index contributed by atoms with van der Waals surface area (Å²) >= 11 is 0. The van der Waals surface area contributed by atoms with Crippen molar-refractivity contribution in [1.29, 1.82) is 0 Å². The number of ether oxygens (including phenoxy) is 2. The lowest BCUT2D eigenvalue weighted by molar-refractivity contribution is -0.155. The predicted molar refractivity (Wildman–Crippen MR) is 85.9 cm³/mol. The molecule has 23 heavy (non-hydrogen) atoms. The molecule has 0 aromatic heterocycles. The Morgan fingerprint density at radius 2 is 1.70 bits per heavy atom. The third kappa shape index (κ3) is 5.14. The molecule has 0 saturated carbocycles. The topological polar surface area (TPSA) is 78.6 Å². The standard InChI is InChI=1S/C18H19NO4/c1-13(18(19)21)23-17(20)12-22-16-10-6-5-9-15(16)11-14-7-3-2-4-8-14/h2-10,13H,11-12H2,1H3,(H2,19,21)/t13-/m0/s1. The van der Waals surface area contributed by atoms with Crippen molar-refractivity contribution in [3.05, 3.63) is 65.7 Å². The Hall–Kier alpha value is -2.82. The summed E-state index contributed by atoms with van der Waals surface area (Å²) in [5.41, 5.74) is 7.16. The number of benzene rings is 2. The minimum Gasteiger partial charge on any atom is -0.482 e. The van der Waals surface area contributed by atoms with E-state index in [9.17, 15) is 9.59 Å². The number of carbonyl (C=O) groups is 2. The van der Waals surface area contributed by atoms with Gasteiger partial charge in [0.05, 0.1) is 0 Å². The molecule has 0 bridgehead atoms. The van der Waals surface area contributed by atoms with E-state index in [1.807, 2.05) is 48.5 Å². The second-order valence-electron chi connectivity index (χ2n) is 5.09. The number of esters is 1. The molecule has 2 aromatic carbocycles. The lowest BCUT2D eigenvalue weighted by atomic mass is 10.0. The van der Waals surface area contributed by atoms with Crippen molar-refractivity contribution in [2.24, 2.45) is 5.73 Å². The molecule has 2 aromatic rings.